The highest BCUT2D eigenvalue weighted by atomic mass is 35.5. The summed E-state index contributed by atoms with van der Waals surface area (Å²) in [6, 6.07) is 7.58. The van der Waals surface area contributed by atoms with Gasteiger partial charge in [-0.2, -0.15) is 0 Å². The third kappa shape index (κ3) is 2.90. The molecule has 21 heavy (non-hydrogen) atoms. The number of nitrogens with zero attached hydrogens (tertiary/aromatic N) is 2. The summed E-state index contributed by atoms with van der Waals surface area (Å²) < 4.78 is 1.63. The third-order valence-electron chi connectivity index (χ3n) is 3.09. The van der Waals surface area contributed by atoms with Crippen molar-refractivity contribution < 1.29 is 14.8 Å². The van der Waals surface area contributed by atoms with E-state index in [9.17, 15) is 20.0 Å². The largest absolute Gasteiger partial charge is 0.477 e. The molecule has 1 aromatic heterocycles. The van der Waals surface area contributed by atoms with Crippen LogP contribution in [0, 0.1) is 10.1 Å². The van der Waals surface area contributed by atoms with E-state index in [1.807, 2.05) is 6.92 Å². The van der Waals surface area contributed by atoms with Crippen LogP contribution in [0.1, 0.15) is 23.8 Å². The highest BCUT2D eigenvalue weighted by molar-refractivity contribution is 6.32. The van der Waals surface area contributed by atoms with Gasteiger partial charge in [-0.05, 0) is 24.6 Å². The molecule has 0 aliphatic heterocycles. The molecule has 110 valence electrons. The predicted octanol–water partition coefficient (Wildman–Crippen LogP) is 3.82. The molecular formula is C14H13ClN2O4. The molecule has 6 nitrogen and oxygen atoms in total. The van der Waals surface area contributed by atoms with Crippen LogP contribution in [0.4, 0.5) is 5.69 Å². The quantitative estimate of drug-likeness (QED) is 0.672. The lowest BCUT2D eigenvalue weighted by Gasteiger charge is -2.10. The molecule has 0 saturated heterocycles. The Morgan fingerprint density at radius 2 is 2.10 bits per heavy atom. The van der Waals surface area contributed by atoms with Crippen LogP contribution in [0.3, 0.4) is 0 Å². The van der Waals surface area contributed by atoms with E-state index in [2.05, 4.69) is 0 Å². The molecule has 7 heteroatoms. The lowest BCUT2D eigenvalue weighted by Crippen LogP contribution is -2.09. The molecule has 0 bridgehead atoms. The second-order valence-corrected chi connectivity index (χ2v) is 4.89. The zero-order valence-corrected chi connectivity index (χ0v) is 12.0. The maximum atomic E-state index is 11.2. The first-order valence-electron chi connectivity index (χ1n) is 6.32. The molecule has 0 unspecified atom stereocenters. The van der Waals surface area contributed by atoms with Gasteiger partial charge in [0.05, 0.1) is 4.92 Å². The van der Waals surface area contributed by atoms with Crippen molar-refractivity contribution in [3.05, 3.63) is 51.2 Å². The highest BCUT2D eigenvalue weighted by Crippen LogP contribution is 2.31. The third-order valence-corrected chi connectivity index (χ3v) is 3.41. The minimum atomic E-state index is -1.03. The highest BCUT2D eigenvalue weighted by Gasteiger charge is 2.18. The standard InChI is InChI=1S/C14H13ClN2O4/c1-2-7-16-11(5-6-12(16)14(18)19)9-3-4-10(15)13(8-9)17(20)21/h3-6,8H,2,7H2,1H3,(H,18,19). The molecule has 2 rings (SSSR count). The van der Waals surface area contributed by atoms with Gasteiger partial charge in [0.15, 0.2) is 0 Å². The first-order valence-corrected chi connectivity index (χ1v) is 6.70. The van der Waals surface area contributed by atoms with E-state index >= 15 is 0 Å². The molecule has 0 spiro atoms. The molecule has 1 N–H and O–H groups in total. The molecule has 2 aromatic rings. The molecule has 0 radical (unpaired) electrons. The average Bonchev–Trinajstić information content (AvgIpc) is 2.83. The fraction of sp³-hybridized carbons (Fsp3) is 0.214. The smallest absolute Gasteiger partial charge is 0.352 e. The van der Waals surface area contributed by atoms with Gasteiger partial charge < -0.3 is 9.67 Å². The summed E-state index contributed by atoms with van der Waals surface area (Å²) in [5.41, 5.74) is 1.14. The van der Waals surface area contributed by atoms with Gasteiger partial charge in [-0.25, -0.2) is 4.79 Å². The molecule has 0 atom stereocenters. The number of hydrogen-bond donors (Lipinski definition) is 1. The van der Waals surface area contributed by atoms with Crippen LogP contribution in [0.2, 0.25) is 5.02 Å². The second kappa shape index (κ2) is 5.97. The number of aromatic carboxylic acids is 1. The van der Waals surface area contributed by atoms with Crippen molar-refractivity contribution in [2.24, 2.45) is 0 Å². The average molecular weight is 309 g/mol. The number of carboxylic acids is 1. The molecule has 0 fully saturated rings. The van der Waals surface area contributed by atoms with Gasteiger partial charge >= 0.3 is 5.97 Å². The van der Waals surface area contributed by atoms with Gasteiger partial charge in [0.2, 0.25) is 0 Å². The lowest BCUT2D eigenvalue weighted by atomic mass is 10.1. The van der Waals surface area contributed by atoms with Crippen molar-refractivity contribution in [1.29, 1.82) is 0 Å². The summed E-state index contributed by atoms with van der Waals surface area (Å²) in [6.07, 6.45) is 0.748. The first kappa shape index (κ1) is 15.1. The molecule has 0 amide bonds. The minimum absolute atomic E-state index is 0.0517. The molecule has 0 saturated carbocycles. The van der Waals surface area contributed by atoms with E-state index in [0.717, 1.165) is 6.42 Å². The summed E-state index contributed by atoms with van der Waals surface area (Å²) in [4.78, 5) is 21.6. The molecular weight excluding hydrogens is 296 g/mol. The number of benzene rings is 1. The Balaban J connectivity index is 2.59. The Kier molecular flexibility index (Phi) is 4.28. The lowest BCUT2D eigenvalue weighted by molar-refractivity contribution is -0.384. The van der Waals surface area contributed by atoms with Crippen LogP contribution >= 0.6 is 11.6 Å². The van der Waals surface area contributed by atoms with Crippen molar-refractivity contribution in [2.45, 2.75) is 19.9 Å². The number of aromatic nitrogens is 1. The Morgan fingerprint density at radius 1 is 1.38 bits per heavy atom. The van der Waals surface area contributed by atoms with Crippen LogP contribution in [-0.2, 0) is 6.54 Å². The Labute approximate surface area is 125 Å². The van der Waals surface area contributed by atoms with Crippen molar-refractivity contribution in [3.8, 4) is 11.3 Å². The van der Waals surface area contributed by atoms with E-state index < -0.39 is 10.9 Å². The minimum Gasteiger partial charge on any atom is -0.477 e. The summed E-state index contributed by atoms with van der Waals surface area (Å²) in [6.45, 7) is 2.44. The number of hydrogen-bond acceptors (Lipinski definition) is 3. The van der Waals surface area contributed by atoms with Gasteiger partial charge in [0.25, 0.3) is 5.69 Å². The number of carbonyl (C=O) groups is 1. The van der Waals surface area contributed by atoms with E-state index in [-0.39, 0.29) is 16.4 Å². The normalized spacial score (nSPS) is 10.6. The van der Waals surface area contributed by atoms with Gasteiger partial charge in [-0.1, -0.05) is 24.6 Å². The van der Waals surface area contributed by atoms with Crippen molar-refractivity contribution in [1.82, 2.24) is 4.57 Å². The first-order chi connectivity index (χ1) is 9.95. The summed E-state index contributed by atoms with van der Waals surface area (Å²) >= 11 is 5.79. The van der Waals surface area contributed by atoms with E-state index in [1.54, 1.807) is 16.7 Å². The maximum absolute atomic E-state index is 11.2. The monoisotopic (exact) mass is 308 g/mol. The maximum Gasteiger partial charge on any atom is 0.352 e. The summed E-state index contributed by atoms with van der Waals surface area (Å²) in [5.74, 6) is -1.03. The number of nitro benzene ring substituents is 1. The Bertz CT molecular complexity index is 709. The van der Waals surface area contributed by atoms with Crippen molar-refractivity contribution >= 4 is 23.3 Å². The van der Waals surface area contributed by atoms with E-state index in [0.29, 0.717) is 17.8 Å². The van der Waals surface area contributed by atoms with Gasteiger partial charge in [-0.3, -0.25) is 10.1 Å². The van der Waals surface area contributed by atoms with Crippen LogP contribution < -0.4 is 0 Å². The molecule has 1 aromatic carbocycles. The topological polar surface area (TPSA) is 85.4 Å². The second-order valence-electron chi connectivity index (χ2n) is 4.48. The van der Waals surface area contributed by atoms with Gasteiger partial charge in [0, 0.05) is 23.9 Å². The predicted molar refractivity (Wildman–Crippen MR) is 78.8 cm³/mol. The SMILES string of the molecule is CCCn1c(C(=O)O)ccc1-c1ccc(Cl)c([N+](=O)[O-])c1. The number of halogens is 1. The fourth-order valence-electron chi connectivity index (χ4n) is 2.18. The molecule has 0 aliphatic rings. The van der Waals surface area contributed by atoms with Crippen LogP contribution in [0.15, 0.2) is 30.3 Å². The Morgan fingerprint density at radius 3 is 2.67 bits per heavy atom. The number of carboxylic acid groups (broad SMARTS) is 1. The van der Waals surface area contributed by atoms with Gasteiger partial charge in [-0.15, -0.1) is 0 Å². The van der Waals surface area contributed by atoms with Crippen LogP contribution in [-0.4, -0.2) is 20.6 Å². The fourth-order valence-corrected chi connectivity index (χ4v) is 2.37. The van der Waals surface area contributed by atoms with E-state index in [4.69, 9.17) is 11.6 Å². The molecule has 1 heterocycles. The van der Waals surface area contributed by atoms with Gasteiger partial charge in [0.1, 0.15) is 10.7 Å². The zero-order chi connectivity index (χ0) is 15.6. The zero-order valence-electron chi connectivity index (χ0n) is 11.2. The van der Waals surface area contributed by atoms with Crippen molar-refractivity contribution in [3.63, 3.8) is 0 Å². The summed E-state index contributed by atoms with van der Waals surface area (Å²) in [5, 5.41) is 20.2. The van der Waals surface area contributed by atoms with Crippen molar-refractivity contribution in [2.75, 3.05) is 0 Å². The number of rotatable bonds is 5. The van der Waals surface area contributed by atoms with Crippen LogP contribution in [0.5, 0.6) is 0 Å². The molecule has 0 aliphatic carbocycles. The van der Waals surface area contributed by atoms with Crippen LogP contribution in [0.25, 0.3) is 11.3 Å². The Hall–Kier alpha value is -2.34. The number of nitro groups is 1. The van der Waals surface area contributed by atoms with E-state index in [1.165, 1.54) is 18.2 Å². The summed E-state index contributed by atoms with van der Waals surface area (Å²) in [7, 11) is 0.